The summed E-state index contributed by atoms with van der Waals surface area (Å²) in [7, 11) is 0. The minimum atomic E-state index is -1.04. The average Bonchev–Trinajstić information content (AvgIpc) is 2.97. The Bertz CT molecular complexity index is 613. The Morgan fingerprint density at radius 1 is 1.29 bits per heavy atom. The molecule has 0 spiro atoms. The molecule has 110 valence electrons. The summed E-state index contributed by atoms with van der Waals surface area (Å²) in [5.74, 6) is -1.04. The van der Waals surface area contributed by atoms with Crippen LogP contribution in [0, 0.1) is 0 Å². The Balaban J connectivity index is 2.17. The summed E-state index contributed by atoms with van der Waals surface area (Å²) in [5.41, 5.74) is 0.617. The van der Waals surface area contributed by atoms with Gasteiger partial charge in [-0.3, -0.25) is 10.2 Å². The molecule has 0 atom stereocenters. The van der Waals surface area contributed by atoms with Gasteiger partial charge in [-0.2, -0.15) is 0 Å². The molecule has 0 unspecified atom stereocenters. The predicted molar refractivity (Wildman–Crippen MR) is 79.0 cm³/mol. The van der Waals surface area contributed by atoms with Crippen molar-refractivity contribution in [3.63, 3.8) is 0 Å². The predicted octanol–water partition coefficient (Wildman–Crippen LogP) is 1.87. The van der Waals surface area contributed by atoms with Gasteiger partial charge in [0.05, 0.1) is 18.7 Å². The van der Waals surface area contributed by atoms with E-state index in [1.54, 1.807) is 11.6 Å². The van der Waals surface area contributed by atoms with Gasteiger partial charge in [0.2, 0.25) is 0 Å². The number of amides is 2. The highest BCUT2D eigenvalue weighted by atomic mass is 32.1. The highest BCUT2D eigenvalue weighted by Crippen LogP contribution is 2.18. The number of hydrogen-bond acceptors (Lipinski definition) is 5. The molecule has 8 heteroatoms. The molecule has 0 aliphatic carbocycles. The van der Waals surface area contributed by atoms with E-state index >= 15 is 0 Å². The number of anilines is 2. The monoisotopic (exact) mass is 307 g/mol. The Kier molecular flexibility index (Phi) is 4.85. The summed E-state index contributed by atoms with van der Waals surface area (Å²) >= 11 is 1.28. The number of nitrogens with one attached hydrogen (secondary N) is 1. The number of urea groups is 1. The SMILES string of the molecule is O=C(O)c1ccc(N(CCO)C(=O)Nc2nccs2)cc1. The second-order valence-corrected chi connectivity index (χ2v) is 4.89. The van der Waals surface area contributed by atoms with Crippen molar-refractivity contribution in [1.29, 1.82) is 0 Å². The van der Waals surface area contributed by atoms with Crippen LogP contribution < -0.4 is 10.2 Å². The van der Waals surface area contributed by atoms with Crippen LogP contribution in [0.4, 0.5) is 15.6 Å². The quantitative estimate of drug-likeness (QED) is 0.782. The Labute approximate surface area is 124 Å². The largest absolute Gasteiger partial charge is 0.478 e. The lowest BCUT2D eigenvalue weighted by molar-refractivity contribution is 0.0697. The second kappa shape index (κ2) is 6.82. The molecule has 0 bridgehead atoms. The molecule has 2 rings (SSSR count). The minimum Gasteiger partial charge on any atom is -0.478 e. The Morgan fingerprint density at radius 3 is 2.52 bits per heavy atom. The molecule has 0 saturated heterocycles. The summed E-state index contributed by atoms with van der Waals surface area (Å²) in [5, 5.41) is 22.7. The number of aromatic nitrogens is 1. The first-order chi connectivity index (χ1) is 10.1. The fourth-order valence-corrected chi connectivity index (χ4v) is 2.19. The molecule has 0 fully saturated rings. The second-order valence-electron chi connectivity index (χ2n) is 3.99. The lowest BCUT2D eigenvalue weighted by atomic mass is 10.2. The standard InChI is InChI=1S/C13H13N3O4S/c17-7-6-16(13(20)15-12-14-5-8-21-12)10-3-1-9(2-4-10)11(18)19/h1-5,8,17H,6-7H2,(H,18,19)(H,14,15,20). The van der Waals surface area contributed by atoms with E-state index < -0.39 is 12.0 Å². The van der Waals surface area contributed by atoms with Gasteiger partial charge in [0, 0.05) is 17.3 Å². The summed E-state index contributed by atoms with van der Waals surface area (Å²) in [6, 6.07) is 5.39. The normalized spacial score (nSPS) is 10.1. The van der Waals surface area contributed by atoms with E-state index in [2.05, 4.69) is 10.3 Å². The van der Waals surface area contributed by atoms with Crippen LogP contribution in [0.5, 0.6) is 0 Å². The highest BCUT2D eigenvalue weighted by molar-refractivity contribution is 7.13. The van der Waals surface area contributed by atoms with Gasteiger partial charge in [0.15, 0.2) is 5.13 Å². The van der Waals surface area contributed by atoms with Gasteiger partial charge in [-0.1, -0.05) is 0 Å². The molecule has 0 radical (unpaired) electrons. The molecule has 1 aromatic carbocycles. The first kappa shape index (κ1) is 14.9. The van der Waals surface area contributed by atoms with Crippen LogP contribution in [0.25, 0.3) is 0 Å². The minimum absolute atomic E-state index is 0.0869. The Morgan fingerprint density at radius 2 is 2.00 bits per heavy atom. The van der Waals surface area contributed by atoms with E-state index in [0.717, 1.165) is 0 Å². The van der Waals surface area contributed by atoms with E-state index in [-0.39, 0.29) is 18.7 Å². The van der Waals surface area contributed by atoms with Gasteiger partial charge < -0.3 is 10.2 Å². The van der Waals surface area contributed by atoms with Crippen LogP contribution in [0.1, 0.15) is 10.4 Å². The molecule has 1 heterocycles. The number of carboxylic acids is 1. The number of nitrogens with zero attached hydrogens (tertiary/aromatic N) is 2. The smallest absolute Gasteiger partial charge is 0.335 e. The van der Waals surface area contributed by atoms with Crippen LogP contribution in [-0.4, -0.2) is 40.3 Å². The molecule has 7 nitrogen and oxygen atoms in total. The Hall–Kier alpha value is -2.45. The number of carbonyl (C=O) groups excluding carboxylic acids is 1. The van der Waals surface area contributed by atoms with Gasteiger partial charge in [-0.15, -0.1) is 11.3 Å². The summed E-state index contributed by atoms with van der Waals surface area (Å²) in [4.78, 5) is 28.2. The van der Waals surface area contributed by atoms with Crippen LogP contribution in [0.2, 0.25) is 0 Å². The van der Waals surface area contributed by atoms with E-state index in [1.165, 1.54) is 40.5 Å². The van der Waals surface area contributed by atoms with Crippen molar-refractivity contribution in [1.82, 2.24) is 4.98 Å². The van der Waals surface area contributed by atoms with Crippen molar-refractivity contribution < 1.29 is 19.8 Å². The van der Waals surface area contributed by atoms with Gasteiger partial charge in [-0.05, 0) is 24.3 Å². The average molecular weight is 307 g/mol. The van der Waals surface area contributed by atoms with Crippen LogP contribution in [0.3, 0.4) is 0 Å². The zero-order valence-electron chi connectivity index (χ0n) is 10.9. The maximum absolute atomic E-state index is 12.2. The van der Waals surface area contributed by atoms with Gasteiger partial charge in [0.25, 0.3) is 0 Å². The number of aliphatic hydroxyl groups excluding tert-OH is 1. The van der Waals surface area contributed by atoms with E-state index in [4.69, 9.17) is 10.2 Å². The van der Waals surface area contributed by atoms with Crippen molar-refractivity contribution >= 4 is 34.2 Å². The van der Waals surface area contributed by atoms with Gasteiger partial charge in [-0.25, -0.2) is 14.6 Å². The first-order valence-corrected chi connectivity index (χ1v) is 6.92. The third kappa shape index (κ3) is 3.77. The van der Waals surface area contributed by atoms with Crippen molar-refractivity contribution in [3.8, 4) is 0 Å². The van der Waals surface area contributed by atoms with Crippen molar-refractivity contribution in [2.45, 2.75) is 0 Å². The molecule has 0 saturated carbocycles. The molecular formula is C13H13N3O4S. The number of rotatable bonds is 5. The molecule has 2 aromatic rings. The number of carboxylic acid groups (broad SMARTS) is 1. The zero-order chi connectivity index (χ0) is 15.2. The number of aliphatic hydroxyl groups is 1. The zero-order valence-corrected chi connectivity index (χ0v) is 11.7. The number of hydrogen-bond donors (Lipinski definition) is 3. The summed E-state index contributed by atoms with van der Waals surface area (Å²) < 4.78 is 0. The maximum atomic E-state index is 12.2. The fraction of sp³-hybridized carbons (Fsp3) is 0.154. The molecule has 2 amide bonds. The number of carbonyl (C=O) groups is 2. The van der Waals surface area contributed by atoms with Crippen LogP contribution in [-0.2, 0) is 0 Å². The highest BCUT2D eigenvalue weighted by Gasteiger charge is 2.16. The number of benzene rings is 1. The lowest BCUT2D eigenvalue weighted by Crippen LogP contribution is -2.37. The number of aromatic carboxylic acids is 1. The van der Waals surface area contributed by atoms with Crippen molar-refractivity contribution in [2.75, 3.05) is 23.4 Å². The van der Waals surface area contributed by atoms with Crippen molar-refractivity contribution in [3.05, 3.63) is 41.4 Å². The third-order valence-corrected chi connectivity index (χ3v) is 3.33. The first-order valence-electron chi connectivity index (χ1n) is 6.04. The molecule has 3 N–H and O–H groups in total. The van der Waals surface area contributed by atoms with E-state index in [0.29, 0.717) is 10.8 Å². The molecular weight excluding hydrogens is 294 g/mol. The number of thiazole rings is 1. The van der Waals surface area contributed by atoms with E-state index in [1.807, 2.05) is 0 Å². The molecule has 1 aromatic heterocycles. The molecule has 21 heavy (non-hydrogen) atoms. The summed E-state index contributed by atoms with van der Waals surface area (Å²) in [6.07, 6.45) is 1.57. The topological polar surface area (TPSA) is 103 Å². The van der Waals surface area contributed by atoms with Gasteiger partial charge >= 0.3 is 12.0 Å². The molecule has 0 aliphatic rings. The van der Waals surface area contributed by atoms with Gasteiger partial charge in [0.1, 0.15) is 0 Å². The fourth-order valence-electron chi connectivity index (χ4n) is 1.68. The molecule has 0 aliphatic heterocycles. The lowest BCUT2D eigenvalue weighted by Gasteiger charge is -2.21. The van der Waals surface area contributed by atoms with Crippen LogP contribution >= 0.6 is 11.3 Å². The van der Waals surface area contributed by atoms with E-state index in [9.17, 15) is 9.59 Å². The summed E-state index contributed by atoms with van der Waals surface area (Å²) in [6.45, 7) is -0.129. The third-order valence-electron chi connectivity index (χ3n) is 2.64. The maximum Gasteiger partial charge on any atom is 0.335 e. The van der Waals surface area contributed by atoms with Crippen LogP contribution in [0.15, 0.2) is 35.8 Å². The van der Waals surface area contributed by atoms with Crippen molar-refractivity contribution in [2.24, 2.45) is 0 Å².